The van der Waals surface area contributed by atoms with Crippen molar-refractivity contribution in [2.24, 2.45) is 0 Å². The van der Waals surface area contributed by atoms with Gasteiger partial charge in [0, 0.05) is 18.3 Å². The van der Waals surface area contributed by atoms with Gasteiger partial charge in [-0.25, -0.2) is 0 Å². The van der Waals surface area contributed by atoms with Crippen LogP contribution in [0.2, 0.25) is 0 Å². The second-order valence-electron chi connectivity index (χ2n) is 5.14. The summed E-state index contributed by atoms with van der Waals surface area (Å²) in [6.07, 6.45) is 1.77. The molecule has 0 radical (unpaired) electrons. The van der Waals surface area contributed by atoms with Crippen LogP contribution in [-0.2, 0) is 6.54 Å². The fraction of sp³-hybridized carbons (Fsp3) is 0.294. The topological polar surface area (TPSA) is 33.2 Å². The lowest BCUT2D eigenvalue weighted by molar-refractivity contribution is 0.0861. The zero-order chi connectivity index (χ0) is 14.5. The molecule has 104 valence electrons. The molecule has 3 nitrogen and oxygen atoms in total. The molecular formula is C17H20N2O. The van der Waals surface area contributed by atoms with E-state index in [2.05, 4.69) is 4.98 Å². The zero-order valence-electron chi connectivity index (χ0n) is 12.2. The molecule has 1 atom stereocenters. The Balaban J connectivity index is 2.04. The summed E-state index contributed by atoms with van der Waals surface area (Å²) in [7, 11) is 1.95. The quantitative estimate of drug-likeness (QED) is 0.781. The van der Waals surface area contributed by atoms with Crippen LogP contribution in [0.1, 0.15) is 28.5 Å². The normalized spacial score (nSPS) is 12.4. The first-order chi connectivity index (χ1) is 9.58. The van der Waals surface area contributed by atoms with Crippen molar-refractivity contribution in [2.45, 2.75) is 26.4 Å². The number of Topliss-reactive ketones (excluding diaryl/α,β-unsaturated/α-hetero) is 1. The first-order valence-corrected chi connectivity index (χ1v) is 6.79. The summed E-state index contributed by atoms with van der Waals surface area (Å²) in [5.74, 6) is 0.142. The molecule has 2 rings (SSSR count). The van der Waals surface area contributed by atoms with E-state index in [1.54, 1.807) is 6.20 Å². The van der Waals surface area contributed by atoms with Gasteiger partial charge < -0.3 is 0 Å². The Kier molecular flexibility index (Phi) is 4.64. The third-order valence-electron chi connectivity index (χ3n) is 3.51. The fourth-order valence-corrected chi connectivity index (χ4v) is 2.04. The second-order valence-corrected chi connectivity index (χ2v) is 5.14. The molecule has 0 amide bonds. The standard InChI is InChI=1S/C17H20N2O/c1-13-7-9-15(10-8-13)17(20)14(2)19(3)12-16-6-4-5-11-18-16/h4-11,14H,12H2,1-3H3. The monoisotopic (exact) mass is 268 g/mol. The smallest absolute Gasteiger partial charge is 0.179 e. The predicted octanol–water partition coefficient (Wildman–Crippen LogP) is 3.09. The first kappa shape index (κ1) is 14.4. The molecule has 0 aliphatic carbocycles. The van der Waals surface area contributed by atoms with Crippen molar-refractivity contribution in [1.29, 1.82) is 0 Å². The molecule has 0 saturated carbocycles. The number of carbonyl (C=O) groups excluding carboxylic acids is 1. The Morgan fingerprint density at radius 3 is 2.50 bits per heavy atom. The average molecular weight is 268 g/mol. The maximum absolute atomic E-state index is 12.4. The SMILES string of the molecule is Cc1ccc(C(=O)C(C)N(C)Cc2ccccn2)cc1. The van der Waals surface area contributed by atoms with Gasteiger partial charge in [0.05, 0.1) is 11.7 Å². The lowest BCUT2D eigenvalue weighted by Crippen LogP contribution is -2.35. The molecule has 0 bridgehead atoms. The van der Waals surface area contributed by atoms with Gasteiger partial charge in [0.1, 0.15) is 0 Å². The van der Waals surface area contributed by atoms with Gasteiger partial charge in [0.25, 0.3) is 0 Å². The van der Waals surface area contributed by atoms with E-state index in [1.165, 1.54) is 0 Å². The molecule has 1 aromatic heterocycles. The third kappa shape index (κ3) is 3.52. The molecule has 0 spiro atoms. The molecule has 0 aliphatic heterocycles. The third-order valence-corrected chi connectivity index (χ3v) is 3.51. The Morgan fingerprint density at radius 1 is 1.20 bits per heavy atom. The van der Waals surface area contributed by atoms with E-state index < -0.39 is 0 Å². The molecule has 1 heterocycles. The van der Waals surface area contributed by atoms with E-state index in [1.807, 2.05) is 68.3 Å². The summed E-state index contributed by atoms with van der Waals surface area (Å²) < 4.78 is 0. The van der Waals surface area contributed by atoms with Crippen LogP contribution in [0.25, 0.3) is 0 Å². The summed E-state index contributed by atoms with van der Waals surface area (Å²) in [6, 6.07) is 13.4. The minimum absolute atomic E-state index is 0.142. The molecule has 0 fully saturated rings. The largest absolute Gasteiger partial charge is 0.292 e. The van der Waals surface area contributed by atoms with Crippen LogP contribution >= 0.6 is 0 Å². The van der Waals surface area contributed by atoms with Crippen LogP contribution < -0.4 is 0 Å². The molecule has 0 aliphatic rings. The number of hydrogen-bond donors (Lipinski definition) is 0. The highest BCUT2D eigenvalue weighted by atomic mass is 16.1. The molecule has 1 unspecified atom stereocenters. The maximum atomic E-state index is 12.4. The number of carbonyl (C=O) groups is 1. The lowest BCUT2D eigenvalue weighted by atomic mass is 10.0. The van der Waals surface area contributed by atoms with Crippen LogP contribution in [0.15, 0.2) is 48.7 Å². The molecule has 3 heteroatoms. The van der Waals surface area contributed by atoms with Crippen LogP contribution in [0.5, 0.6) is 0 Å². The van der Waals surface area contributed by atoms with E-state index in [0.29, 0.717) is 6.54 Å². The van der Waals surface area contributed by atoms with Crippen LogP contribution in [0.3, 0.4) is 0 Å². The van der Waals surface area contributed by atoms with Crippen molar-refractivity contribution in [1.82, 2.24) is 9.88 Å². The first-order valence-electron chi connectivity index (χ1n) is 6.79. The Bertz CT molecular complexity index is 563. The Morgan fingerprint density at radius 2 is 1.90 bits per heavy atom. The van der Waals surface area contributed by atoms with Crippen molar-refractivity contribution in [3.8, 4) is 0 Å². The number of hydrogen-bond acceptors (Lipinski definition) is 3. The fourth-order valence-electron chi connectivity index (χ4n) is 2.04. The summed E-state index contributed by atoms with van der Waals surface area (Å²) >= 11 is 0. The molecule has 2 aromatic rings. The maximum Gasteiger partial charge on any atom is 0.179 e. The van der Waals surface area contributed by atoms with E-state index in [9.17, 15) is 4.79 Å². The van der Waals surface area contributed by atoms with Gasteiger partial charge in [-0.2, -0.15) is 0 Å². The predicted molar refractivity (Wildman–Crippen MR) is 80.7 cm³/mol. The number of pyridine rings is 1. The average Bonchev–Trinajstić information content (AvgIpc) is 2.47. The number of aromatic nitrogens is 1. The second kappa shape index (κ2) is 6.44. The van der Waals surface area contributed by atoms with E-state index in [-0.39, 0.29) is 11.8 Å². The minimum atomic E-state index is -0.167. The molecular weight excluding hydrogens is 248 g/mol. The molecule has 0 saturated heterocycles. The van der Waals surface area contributed by atoms with Crippen molar-refractivity contribution < 1.29 is 4.79 Å². The van der Waals surface area contributed by atoms with Gasteiger partial charge in [-0.05, 0) is 33.0 Å². The highest BCUT2D eigenvalue weighted by Gasteiger charge is 2.19. The number of benzene rings is 1. The van der Waals surface area contributed by atoms with Crippen molar-refractivity contribution in [2.75, 3.05) is 7.05 Å². The van der Waals surface area contributed by atoms with Gasteiger partial charge in [-0.1, -0.05) is 35.9 Å². The highest BCUT2D eigenvalue weighted by Crippen LogP contribution is 2.11. The Hall–Kier alpha value is -2.00. The summed E-state index contributed by atoms with van der Waals surface area (Å²) in [6.45, 7) is 4.62. The van der Waals surface area contributed by atoms with Crippen LogP contribution in [-0.4, -0.2) is 28.8 Å². The van der Waals surface area contributed by atoms with Gasteiger partial charge in [-0.15, -0.1) is 0 Å². The number of rotatable bonds is 5. The van der Waals surface area contributed by atoms with E-state index in [0.717, 1.165) is 16.8 Å². The van der Waals surface area contributed by atoms with Crippen LogP contribution in [0.4, 0.5) is 0 Å². The van der Waals surface area contributed by atoms with Gasteiger partial charge in [0.15, 0.2) is 5.78 Å². The molecule has 0 N–H and O–H groups in total. The molecule has 20 heavy (non-hydrogen) atoms. The lowest BCUT2D eigenvalue weighted by Gasteiger charge is -2.23. The zero-order valence-corrected chi connectivity index (χ0v) is 12.2. The van der Waals surface area contributed by atoms with E-state index in [4.69, 9.17) is 0 Å². The van der Waals surface area contributed by atoms with Gasteiger partial charge in [0.2, 0.25) is 0 Å². The van der Waals surface area contributed by atoms with Gasteiger partial charge >= 0.3 is 0 Å². The van der Waals surface area contributed by atoms with Crippen molar-refractivity contribution in [3.05, 3.63) is 65.5 Å². The van der Waals surface area contributed by atoms with Crippen molar-refractivity contribution in [3.63, 3.8) is 0 Å². The number of ketones is 1. The van der Waals surface area contributed by atoms with Crippen LogP contribution in [0, 0.1) is 6.92 Å². The number of nitrogens with zero attached hydrogens (tertiary/aromatic N) is 2. The van der Waals surface area contributed by atoms with E-state index >= 15 is 0 Å². The summed E-state index contributed by atoms with van der Waals surface area (Å²) in [4.78, 5) is 18.7. The molecule has 1 aromatic carbocycles. The van der Waals surface area contributed by atoms with Crippen molar-refractivity contribution >= 4 is 5.78 Å². The minimum Gasteiger partial charge on any atom is -0.292 e. The Labute approximate surface area is 120 Å². The number of likely N-dealkylation sites (N-methyl/N-ethyl adjacent to an activating group) is 1. The summed E-state index contributed by atoms with van der Waals surface area (Å²) in [5.41, 5.74) is 2.89. The summed E-state index contributed by atoms with van der Waals surface area (Å²) in [5, 5.41) is 0. The van der Waals surface area contributed by atoms with Gasteiger partial charge in [-0.3, -0.25) is 14.7 Å². The number of aryl methyl sites for hydroxylation is 1. The highest BCUT2D eigenvalue weighted by molar-refractivity contribution is 5.99.